The average molecular weight is 247 g/mol. The second kappa shape index (κ2) is 5.20. The summed E-state index contributed by atoms with van der Waals surface area (Å²) in [4.78, 5) is 0. The average Bonchev–Trinajstić information content (AvgIpc) is 2.86. The van der Waals surface area contributed by atoms with E-state index in [-0.39, 0.29) is 0 Å². The van der Waals surface area contributed by atoms with Crippen LogP contribution < -0.4 is 10.2 Å². The number of aryl methyl sites for hydroxylation is 1. The Balaban J connectivity index is 2.40. The molecule has 0 radical (unpaired) electrons. The first kappa shape index (κ1) is 12.6. The Morgan fingerprint density at radius 3 is 2.72 bits per heavy atom. The zero-order valence-corrected chi connectivity index (χ0v) is 10.2. The molecule has 1 aromatic carbocycles. The standard InChI is InChI=1S/C11H14BN3O3/c1-3-8-7-15(14-13-8)9-4-5-10(12(16)17)11(6-9)18-2/h4-7,16-17H,3H2,1-2H3. The van der Waals surface area contributed by atoms with Crippen molar-refractivity contribution in [3.05, 3.63) is 30.1 Å². The van der Waals surface area contributed by atoms with E-state index in [1.54, 1.807) is 22.9 Å². The second-order valence-electron chi connectivity index (χ2n) is 3.81. The van der Waals surface area contributed by atoms with E-state index in [0.29, 0.717) is 11.2 Å². The number of hydrogen-bond acceptors (Lipinski definition) is 5. The van der Waals surface area contributed by atoms with Crippen LogP contribution in [0.4, 0.5) is 0 Å². The maximum absolute atomic E-state index is 9.18. The van der Waals surface area contributed by atoms with Crippen LogP contribution in [0, 0.1) is 0 Å². The van der Waals surface area contributed by atoms with Crippen LogP contribution in [0.25, 0.3) is 5.69 Å². The number of rotatable bonds is 4. The molecule has 2 N–H and O–H groups in total. The van der Waals surface area contributed by atoms with Gasteiger partial charge in [0.15, 0.2) is 0 Å². The summed E-state index contributed by atoms with van der Waals surface area (Å²) in [5.41, 5.74) is 1.96. The largest absolute Gasteiger partial charge is 0.497 e. The molecule has 0 saturated carbocycles. The zero-order chi connectivity index (χ0) is 13.1. The molecule has 2 aromatic rings. The van der Waals surface area contributed by atoms with Gasteiger partial charge in [-0.25, -0.2) is 4.68 Å². The fraction of sp³-hybridized carbons (Fsp3) is 0.273. The number of aromatic nitrogens is 3. The summed E-state index contributed by atoms with van der Waals surface area (Å²) in [7, 11) is -0.0833. The summed E-state index contributed by atoms with van der Waals surface area (Å²) in [6, 6.07) is 5.00. The molecule has 2 rings (SSSR count). The van der Waals surface area contributed by atoms with Crippen molar-refractivity contribution < 1.29 is 14.8 Å². The fourth-order valence-electron chi connectivity index (χ4n) is 1.64. The first-order valence-electron chi connectivity index (χ1n) is 5.61. The van der Waals surface area contributed by atoms with Crippen molar-refractivity contribution >= 4 is 12.6 Å². The Bertz CT molecular complexity index is 542. The van der Waals surface area contributed by atoms with Gasteiger partial charge < -0.3 is 14.8 Å². The van der Waals surface area contributed by atoms with Crippen LogP contribution in [0.2, 0.25) is 0 Å². The lowest BCUT2D eigenvalue weighted by Crippen LogP contribution is -2.31. The molecule has 0 spiro atoms. The molecule has 0 bridgehead atoms. The molecular formula is C11H14BN3O3. The van der Waals surface area contributed by atoms with Gasteiger partial charge in [-0.3, -0.25) is 0 Å². The highest BCUT2D eigenvalue weighted by Crippen LogP contribution is 2.14. The minimum Gasteiger partial charge on any atom is -0.497 e. The van der Waals surface area contributed by atoms with E-state index in [2.05, 4.69) is 10.3 Å². The highest BCUT2D eigenvalue weighted by atomic mass is 16.5. The van der Waals surface area contributed by atoms with Crippen molar-refractivity contribution in [3.63, 3.8) is 0 Å². The maximum Gasteiger partial charge on any atom is 0.492 e. The van der Waals surface area contributed by atoms with Crippen LogP contribution in [0.15, 0.2) is 24.4 Å². The third-order valence-electron chi connectivity index (χ3n) is 2.66. The van der Waals surface area contributed by atoms with Crippen molar-refractivity contribution in [2.75, 3.05) is 7.11 Å². The molecule has 0 amide bonds. The van der Waals surface area contributed by atoms with Gasteiger partial charge in [-0.05, 0) is 12.5 Å². The van der Waals surface area contributed by atoms with Crippen LogP contribution >= 0.6 is 0 Å². The van der Waals surface area contributed by atoms with E-state index in [4.69, 9.17) is 4.74 Å². The van der Waals surface area contributed by atoms with Crippen molar-refractivity contribution in [1.29, 1.82) is 0 Å². The number of ether oxygens (including phenoxy) is 1. The Kier molecular flexibility index (Phi) is 3.64. The molecule has 18 heavy (non-hydrogen) atoms. The minimum atomic E-state index is -1.56. The van der Waals surface area contributed by atoms with E-state index < -0.39 is 7.12 Å². The molecule has 0 aliphatic carbocycles. The lowest BCUT2D eigenvalue weighted by Gasteiger charge is -2.09. The Hall–Kier alpha value is -1.86. The third kappa shape index (κ3) is 2.37. The molecule has 1 heterocycles. The Morgan fingerprint density at radius 2 is 2.17 bits per heavy atom. The summed E-state index contributed by atoms with van der Waals surface area (Å²) in [6.45, 7) is 2.00. The molecule has 0 aliphatic rings. The predicted molar refractivity (Wildman–Crippen MR) is 67.1 cm³/mol. The van der Waals surface area contributed by atoms with Crippen molar-refractivity contribution in [1.82, 2.24) is 15.0 Å². The van der Waals surface area contributed by atoms with E-state index in [0.717, 1.165) is 17.8 Å². The van der Waals surface area contributed by atoms with Crippen LogP contribution in [-0.4, -0.2) is 39.3 Å². The van der Waals surface area contributed by atoms with Gasteiger partial charge in [-0.15, -0.1) is 5.10 Å². The van der Waals surface area contributed by atoms with Crippen LogP contribution in [0.1, 0.15) is 12.6 Å². The van der Waals surface area contributed by atoms with Crippen molar-refractivity contribution in [3.8, 4) is 11.4 Å². The highest BCUT2D eigenvalue weighted by molar-refractivity contribution is 6.59. The minimum absolute atomic E-state index is 0.317. The first-order valence-corrected chi connectivity index (χ1v) is 5.61. The van der Waals surface area contributed by atoms with Gasteiger partial charge in [0, 0.05) is 11.5 Å². The summed E-state index contributed by atoms with van der Waals surface area (Å²) in [5, 5.41) is 26.4. The van der Waals surface area contributed by atoms with Gasteiger partial charge in [0.25, 0.3) is 0 Å². The lowest BCUT2D eigenvalue weighted by molar-refractivity contribution is 0.403. The zero-order valence-electron chi connectivity index (χ0n) is 10.2. The fourth-order valence-corrected chi connectivity index (χ4v) is 1.64. The van der Waals surface area contributed by atoms with Crippen LogP contribution in [0.5, 0.6) is 5.75 Å². The normalized spacial score (nSPS) is 10.4. The topological polar surface area (TPSA) is 80.4 Å². The maximum atomic E-state index is 9.18. The predicted octanol–water partition coefficient (Wildman–Crippen LogP) is -0.482. The second-order valence-corrected chi connectivity index (χ2v) is 3.81. The molecule has 0 fully saturated rings. The lowest BCUT2D eigenvalue weighted by atomic mass is 9.79. The molecule has 7 heteroatoms. The summed E-state index contributed by atoms with van der Waals surface area (Å²) in [6.07, 6.45) is 2.63. The third-order valence-corrected chi connectivity index (χ3v) is 2.66. The quantitative estimate of drug-likeness (QED) is 0.713. The van der Waals surface area contributed by atoms with Gasteiger partial charge in [0.1, 0.15) is 5.75 Å². The molecule has 1 aromatic heterocycles. The van der Waals surface area contributed by atoms with E-state index in [9.17, 15) is 10.0 Å². The molecule has 0 aliphatic heterocycles. The first-order chi connectivity index (χ1) is 8.65. The summed E-state index contributed by atoms with van der Waals surface area (Å²) in [5.74, 6) is 0.399. The highest BCUT2D eigenvalue weighted by Gasteiger charge is 2.17. The molecule has 0 unspecified atom stereocenters. The molecule has 6 nitrogen and oxygen atoms in total. The summed E-state index contributed by atoms with van der Waals surface area (Å²) >= 11 is 0. The van der Waals surface area contributed by atoms with Crippen molar-refractivity contribution in [2.45, 2.75) is 13.3 Å². The van der Waals surface area contributed by atoms with Gasteiger partial charge in [0.05, 0.1) is 24.7 Å². The number of benzene rings is 1. The Labute approximate surface area is 105 Å². The molecule has 0 saturated heterocycles. The van der Waals surface area contributed by atoms with Gasteiger partial charge >= 0.3 is 7.12 Å². The van der Waals surface area contributed by atoms with Crippen molar-refractivity contribution in [2.24, 2.45) is 0 Å². The van der Waals surface area contributed by atoms with Gasteiger partial charge in [0.2, 0.25) is 0 Å². The van der Waals surface area contributed by atoms with Crippen LogP contribution in [-0.2, 0) is 6.42 Å². The molecule has 94 valence electrons. The monoisotopic (exact) mass is 247 g/mol. The van der Waals surface area contributed by atoms with Gasteiger partial charge in [-0.2, -0.15) is 0 Å². The SMILES string of the molecule is CCc1cn(-c2ccc(B(O)O)c(OC)c2)nn1. The number of methoxy groups -OCH3 is 1. The van der Waals surface area contributed by atoms with E-state index in [1.807, 2.05) is 13.1 Å². The van der Waals surface area contributed by atoms with Gasteiger partial charge in [-0.1, -0.05) is 18.2 Å². The van der Waals surface area contributed by atoms with Crippen LogP contribution in [0.3, 0.4) is 0 Å². The molecule has 0 atom stereocenters. The summed E-state index contributed by atoms with van der Waals surface area (Å²) < 4.78 is 6.74. The molecular weight excluding hydrogens is 233 g/mol. The van der Waals surface area contributed by atoms with E-state index >= 15 is 0 Å². The number of nitrogens with zero attached hydrogens (tertiary/aromatic N) is 3. The van der Waals surface area contributed by atoms with E-state index in [1.165, 1.54) is 7.11 Å². The Morgan fingerprint density at radius 1 is 1.39 bits per heavy atom. The smallest absolute Gasteiger partial charge is 0.492 e. The number of hydrogen-bond donors (Lipinski definition) is 2.